The van der Waals surface area contributed by atoms with Crippen LogP contribution in [-0.2, 0) is 19.1 Å². The number of carbonyl (C=O) groups is 2. The Labute approximate surface area is 96.6 Å². The number of ether oxygens (including phenoxy) is 2. The average Bonchev–Trinajstić information content (AvgIpc) is 2.12. The van der Waals surface area contributed by atoms with E-state index in [-0.39, 0.29) is 0 Å². The van der Waals surface area contributed by atoms with Gasteiger partial charge < -0.3 is 9.47 Å². The highest BCUT2D eigenvalue weighted by atomic mass is 16.6. The highest BCUT2D eigenvalue weighted by molar-refractivity contribution is 5.91. The lowest BCUT2D eigenvalue weighted by atomic mass is 10.2. The fraction of sp³-hybridized carbons (Fsp3) is 0.667. The van der Waals surface area contributed by atoms with Crippen molar-refractivity contribution in [2.75, 3.05) is 6.61 Å². The number of hydrogen-bond acceptors (Lipinski definition) is 4. The van der Waals surface area contributed by atoms with E-state index in [0.29, 0.717) is 6.61 Å². The van der Waals surface area contributed by atoms with Crippen LogP contribution in [0.5, 0.6) is 0 Å². The first-order valence-electron chi connectivity index (χ1n) is 5.43. The van der Waals surface area contributed by atoms with Crippen molar-refractivity contribution in [2.45, 2.75) is 46.1 Å². The van der Waals surface area contributed by atoms with Crippen LogP contribution in [0.15, 0.2) is 12.2 Å². The van der Waals surface area contributed by atoms with Gasteiger partial charge in [-0.1, -0.05) is 13.3 Å². The Morgan fingerprint density at radius 1 is 1.12 bits per heavy atom. The SMILES string of the molecule is CCCCOC(=O)/C=C/C(=O)OC(C)(C)C. The van der Waals surface area contributed by atoms with E-state index in [1.54, 1.807) is 20.8 Å². The van der Waals surface area contributed by atoms with Gasteiger partial charge in [-0.05, 0) is 27.2 Å². The van der Waals surface area contributed by atoms with Crippen molar-refractivity contribution >= 4 is 11.9 Å². The first-order valence-corrected chi connectivity index (χ1v) is 5.43. The highest BCUT2D eigenvalue weighted by Crippen LogP contribution is 2.07. The Bertz CT molecular complexity index is 261. The molecule has 0 aromatic carbocycles. The van der Waals surface area contributed by atoms with Gasteiger partial charge in [0.05, 0.1) is 6.61 Å². The quantitative estimate of drug-likeness (QED) is 0.411. The fourth-order valence-electron chi connectivity index (χ4n) is 0.837. The van der Waals surface area contributed by atoms with Gasteiger partial charge in [0, 0.05) is 12.2 Å². The van der Waals surface area contributed by atoms with Crippen molar-refractivity contribution in [3.05, 3.63) is 12.2 Å². The summed E-state index contributed by atoms with van der Waals surface area (Å²) in [5.74, 6) is -1.06. The molecule has 0 saturated heterocycles. The Balaban J connectivity index is 3.89. The molecule has 0 aliphatic rings. The van der Waals surface area contributed by atoms with Crippen LogP contribution in [-0.4, -0.2) is 24.1 Å². The third kappa shape index (κ3) is 9.24. The molecule has 16 heavy (non-hydrogen) atoms. The van der Waals surface area contributed by atoms with E-state index in [9.17, 15) is 9.59 Å². The zero-order valence-electron chi connectivity index (χ0n) is 10.4. The lowest BCUT2D eigenvalue weighted by Gasteiger charge is -2.17. The van der Waals surface area contributed by atoms with Crippen molar-refractivity contribution < 1.29 is 19.1 Å². The molecule has 0 heterocycles. The summed E-state index contributed by atoms with van der Waals surface area (Å²) in [6.07, 6.45) is 3.96. The third-order valence-electron chi connectivity index (χ3n) is 1.50. The predicted molar refractivity (Wildman–Crippen MR) is 60.9 cm³/mol. The van der Waals surface area contributed by atoms with Gasteiger partial charge in [-0.15, -0.1) is 0 Å². The smallest absolute Gasteiger partial charge is 0.331 e. The number of unbranched alkanes of at least 4 members (excludes halogenated alkanes) is 1. The summed E-state index contributed by atoms with van der Waals surface area (Å²) >= 11 is 0. The van der Waals surface area contributed by atoms with Crippen molar-refractivity contribution in [1.29, 1.82) is 0 Å². The van der Waals surface area contributed by atoms with Crippen molar-refractivity contribution in [1.82, 2.24) is 0 Å². The lowest BCUT2D eigenvalue weighted by molar-refractivity contribution is -0.149. The van der Waals surface area contributed by atoms with Crippen LogP contribution < -0.4 is 0 Å². The van der Waals surface area contributed by atoms with Gasteiger partial charge in [-0.3, -0.25) is 0 Å². The summed E-state index contributed by atoms with van der Waals surface area (Å²) in [6.45, 7) is 7.67. The van der Waals surface area contributed by atoms with Gasteiger partial charge in [-0.25, -0.2) is 9.59 Å². The molecule has 0 aromatic rings. The molecule has 0 aromatic heterocycles. The number of hydrogen-bond donors (Lipinski definition) is 0. The van der Waals surface area contributed by atoms with Crippen molar-refractivity contribution in [3.8, 4) is 0 Å². The Hall–Kier alpha value is -1.32. The maximum absolute atomic E-state index is 11.2. The monoisotopic (exact) mass is 228 g/mol. The van der Waals surface area contributed by atoms with E-state index in [0.717, 1.165) is 25.0 Å². The molecule has 0 aliphatic carbocycles. The molecule has 0 fully saturated rings. The van der Waals surface area contributed by atoms with Gasteiger partial charge in [0.2, 0.25) is 0 Å². The summed E-state index contributed by atoms with van der Waals surface area (Å²) < 4.78 is 9.81. The number of esters is 2. The van der Waals surface area contributed by atoms with E-state index in [1.807, 2.05) is 6.92 Å². The van der Waals surface area contributed by atoms with Crippen LogP contribution in [0, 0.1) is 0 Å². The molecule has 4 heteroatoms. The van der Waals surface area contributed by atoms with Crippen LogP contribution in [0.3, 0.4) is 0 Å². The lowest BCUT2D eigenvalue weighted by Crippen LogP contribution is -2.22. The molecular formula is C12H20O4. The van der Waals surface area contributed by atoms with Crippen LogP contribution in [0.2, 0.25) is 0 Å². The van der Waals surface area contributed by atoms with Gasteiger partial charge in [0.1, 0.15) is 5.60 Å². The summed E-state index contributed by atoms with van der Waals surface area (Å²) in [6, 6.07) is 0. The highest BCUT2D eigenvalue weighted by Gasteiger charge is 2.14. The molecule has 0 radical (unpaired) electrons. The second-order valence-corrected chi connectivity index (χ2v) is 4.39. The summed E-state index contributed by atoms with van der Waals surface area (Å²) in [5.41, 5.74) is -0.548. The first kappa shape index (κ1) is 14.7. The maximum Gasteiger partial charge on any atom is 0.331 e. The molecule has 0 unspecified atom stereocenters. The largest absolute Gasteiger partial charge is 0.463 e. The van der Waals surface area contributed by atoms with Crippen molar-refractivity contribution in [3.63, 3.8) is 0 Å². The molecule has 0 amide bonds. The van der Waals surface area contributed by atoms with Crippen LogP contribution in [0.25, 0.3) is 0 Å². The zero-order valence-corrected chi connectivity index (χ0v) is 10.4. The Morgan fingerprint density at radius 3 is 2.19 bits per heavy atom. The third-order valence-corrected chi connectivity index (χ3v) is 1.50. The fourth-order valence-corrected chi connectivity index (χ4v) is 0.837. The van der Waals surface area contributed by atoms with E-state index >= 15 is 0 Å². The molecule has 0 saturated carbocycles. The summed E-state index contributed by atoms with van der Waals surface area (Å²) in [5, 5.41) is 0. The minimum atomic E-state index is -0.548. The Morgan fingerprint density at radius 2 is 1.69 bits per heavy atom. The topological polar surface area (TPSA) is 52.6 Å². The Kier molecular flexibility index (Phi) is 6.46. The number of rotatable bonds is 5. The molecule has 92 valence electrons. The minimum absolute atomic E-state index is 0.383. The summed E-state index contributed by atoms with van der Waals surface area (Å²) in [4.78, 5) is 22.2. The van der Waals surface area contributed by atoms with Crippen molar-refractivity contribution in [2.24, 2.45) is 0 Å². The normalized spacial score (nSPS) is 11.5. The van der Waals surface area contributed by atoms with Gasteiger partial charge in [0.15, 0.2) is 0 Å². The second-order valence-electron chi connectivity index (χ2n) is 4.39. The average molecular weight is 228 g/mol. The van der Waals surface area contributed by atoms with E-state index in [4.69, 9.17) is 9.47 Å². The van der Waals surface area contributed by atoms with Crippen LogP contribution >= 0.6 is 0 Å². The van der Waals surface area contributed by atoms with Gasteiger partial charge >= 0.3 is 11.9 Å². The van der Waals surface area contributed by atoms with E-state index < -0.39 is 17.5 Å². The number of carbonyl (C=O) groups excluding carboxylic acids is 2. The molecule has 0 rings (SSSR count). The molecular weight excluding hydrogens is 208 g/mol. The predicted octanol–water partition coefficient (Wildman–Crippen LogP) is 2.23. The maximum atomic E-state index is 11.2. The first-order chi connectivity index (χ1) is 7.35. The zero-order chi connectivity index (χ0) is 12.6. The van der Waals surface area contributed by atoms with E-state index in [1.165, 1.54) is 0 Å². The summed E-state index contributed by atoms with van der Waals surface area (Å²) in [7, 11) is 0. The van der Waals surface area contributed by atoms with E-state index in [2.05, 4.69) is 0 Å². The van der Waals surface area contributed by atoms with Crippen LogP contribution in [0.4, 0.5) is 0 Å². The second kappa shape index (κ2) is 7.04. The van der Waals surface area contributed by atoms with Gasteiger partial charge in [0.25, 0.3) is 0 Å². The standard InChI is InChI=1S/C12H20O4/c1-5-6-9-15-10(13)7-8-11(14)16-12(2,3)4/h7-8H,5-6,9H2,1-4H3/b8-7+. The van der Waals surface area contributed by atoms with Crippen LogP contribution in [0.1, 0.15) is 40.5 Å². The minimum Gasteiger partial charge on any atom is -0.463 e. The molecule has 0 bridgehead atoms. The molecule has 0 spiro atoms. The van der Waals surface area contributed by atoms with Gasteiger partial charge in [-0.2, -0.15) is 0 Å². The molecule has 0 atom stereocenters. The molecule has 0 N–H and O–H groups in total. The molecule has 4 nitrogen and oxygen atoms in total. The molecule has 0 aliphatic heterocycles.